The minimum atomic E-state index is 0.794. The topological polar surface area (TPSA) is 26.0 Å². The molecule has 0 heterocycles. The summed E-state index contributed by atoms with van der Waals surface area (Å²) in [7, 11) is 0. The summed E-state index contributed by atoms with van der Waals surface area (Å²) in [6.07, 6.45) is 4.38. The summed E-state index contributed by atoms with van der Waals surface area (Å²) in [5, 5.41) is 0.794. The molecule has 2 heteroatoms. The van der Waals surface area contributed by atoms with Gasteiger partial charge in [-0.3, -0.25) is 0 Å². The SMILES string of the molecule is C#CN.Clc1ccccc1. The molecule has 0 aliphatic rings. The van der Waals surface area contributed by atoms with Gasteiger partial charge in [0.25, 0.3) is 0 Å². The normalized spacial score (nSPS) is 6.80. The van der Waals surface area contributed by atoms with E-state index in [9.17, 15) is 0 Å². The van der Waals surface area contributed by atoms with Crippen LogP contribution in [0.15, 0.2) is 30.3 Å². The first-order valence-corrected chi connectivity index (χ1v) is 3.05. The van der Waals surface area contributed by atoms with Crippen molar-refractivity contribution in [3.05, 3.63) is 35.4 Å². The van der Waals surface area contributed by atoms with Crippen molar-refractivity contribution < 1.29 is 0 Å². The number of hydrogen-bond donors (Lipinski definition) is 1. The van der Waals surface area contributed by atoms with Gasteiger partial charge in [-0.2, -0.15) is 0 Å². The molecule has 0 amide bonds. The molecule has 0 bridgehead atoms. The number of benzene rings is 1. The van der Waals surface area contributed by atoms with E-state index in [0.29, 0.717) is 0 Å². The Morgan fingerprint density at radius 1 is 1.30 bits per heavy atom. The lowest BCUT2D eigenvalue weighted by Crippen LogP contribution is -1.69. The fourth-order valence-corrected chi connectivity index (χ4v) is 0.560. The zero-order chi connectivity index (χ0) is 7.82. The molecule has 1 aromatic rings. The Morgan fingerprint density at radius 2 is 1.70 bits per heavy atom. The first kappa shape index (κ1) is 8.87. The van der Waals surface area contributed by atoms with Crippen LogP contribution in [0.5, 0.6) is 0 Å². The van der Waals surface area contributed by atoms with Gasteiger partial charge < -0.3 is 5.73 Å². The second-order valence-corrected chi connectivity index (χ2v) is 1.90. The first-order chi connectivity index (χ1) is 4.81. The number of nitrogens with two attached hydrogens (primary N) is 1. The summed E-state index contributed by atoms with van der Waals surface area (Å²) in [6, 6.07) is 11.2. The summed E-state index contributed by atoms with van der Waals surface area (Å²) in [5.41, 5.74) is 4.38. The van der Waals surface area contributed by atoms with Crippen molar-refractivity contribution in [1.82, 2.24) is 0 Å². The van der Waals surface area contributed by atoms with Crippen LogP contribution in [-0.2, 0) is 0 Å². The number of hydrogen-bond acceptors (Lipinski definition) is 1. The molecule has 0 saturated heterocycles. The van der Waals surface area contributed by atoms with Crippen molar-refractivity contribution in [3.8, 4) is 12.5 Å². The maximum atomic E-state index is 5.54. The van der Waals surface area contributed by atoms with E-state index in [1.54, 1.807) is 6.04 Å². The lowest BCUT2D eigenvalue weighted by atomic mass is 10.4. The average molecular weight is 154 g/mol. The Labute approximate surface area is 65.8 Å². The van der Waals surface area contributed by atoms with E-state index in [2.05, 4.69) is 12.2 Å². The van der Waals surface area contributed by atoms with E-state index >= 15 is 0 Å². The Hall–Kier alpha value is -1.13. The number of halogens is 1. The Balaban J connectivity index is 0.000000236. The molecule has 0 aliphatic carbocycles. The van der Waals surface area contributed by atoms with Crippen molar-refractivity contribution in [1.29, 1.82) is 0 Å². The molecule has 0 radical (unpaired) electrons. The molecule has 0 fully saturated rings. The minimum absolute atomic E-state index is 0.794. The van der Waals surface area contributed by atoms with Gasteiger partial charge >= 0.3 is 0 Å². The Morgan fingerprint density at radius 3 is 1.90 bits per heavy atom. The molecule has 0 saturated carbocycles. The molecule has 0 atom stereocenters. The van der Waals surface area contributed by atoms with E-state index in [4.69, 9.17) is 11.6 Å². The molecule has 1 rings (SSSR count). The molecular formula is C8H8ClN. The molecule has 1 aromatic carbocycles. The fraction of sp³-hybridized carbons (Fsp3) is 0. The van der Waals surface area contributed by atoms with E-state index in [0.717, 1.165) is 5.02 Å². The highest BCUT2D eigenvalue weighted by Crippen LogP contribution is 2.03. The molecule has 1 nitrogen and oxygen atoms in total. The van der Waals surface area contributed by atoms with E-state index in [1.165, 1.54) is 0 Å². The van der Waals surface area contributed by atoms with Gasteiger partial charge in [0.05, 0.1) is 0 Å². The third-order valence-corrected chi connectivity index (χ3v) is 0.985. The smallest absolute Gasteiger partial charge is 0.0405 e. The Kier molecular flexibility index (Phi) is 5.32. The quantitative estimate of drug-likeness (QED) is 0.447. The Bertz CT molecular complexity index is 200. The monoisotopic (exact) mass is 153 g/mol. The zero-order valence-corrected chi connectivity index (χ0v) is 6.18. The van der Waals surface area contributed by atoms with Crippen molar-refractivity contribution in [2.45, 2.75) is 0 Å². The molecule has 0 aromatic heterocycles. The summed E-state index contributed by atoms with van der Waals surface area (Å²) in [4.78, 5) is 0. The molecule has 52 valence electrons. The van der Waals surface area contributed by atoms with Gasteiger partial charge in [0, 0.05) is 5.02 Å². The van der Waals surface area contributed by atoms with Gasteiger partial charge in [0.1, 0.15) is 0 Å². The van der Waals surface area contributed by atoms with Gasteiger partial charge in [-0.25, -0.2) is 0 Å². The highest BCUT2D eigenvalue weighted by molar-refractivity contribution is 6.30. The van der Waals surface area contributed by atoms with Crippen LogP contribution >= 0.6 is 11.6 Å². The summed E-state index contributed by atoms with van der Waals surface area (Å²) in [5.74, 6) is 0. The predicted octanol–water partition coefficient (Wildman–Crippen LogP) is 1.88. The van der Waals surface area contributed by atoms with Gasteiger partial charge in [-0.05, 0) is 18.2 Å². The molecule has 0 aliphatic heterocycles. The molecule has 0 unspecified atom stereocenters. The van der Waals surface area contributed by atoms with Crippen LogP contribution in [0.25, 0.3) is 0 Å². The van der Waals surface area contributed by atoms with E-state index in [-0.39, 0.29) is 0 Å². The maximum Gasteiger partial charge on any atom is 0.0405 e. The van der Waals surface area contributed by atoms with Gasteiger partial charge in [-0.1, -0.05) is 36.2 Å². The van der Waals surface area contributed by atoms with Crippen molar-refractivity contribution in [3.63, 3.8) is 0 Å². The predicted molar refractivity (Wildman–Crippen MR) is 44.5 cm³/mol. The van der Waals surface area contributed by atoms with Crippen LogP contribution in [0, 0.1) is 12.5 Å². The van der Waals surface area contributed by atoms with Crippen molar-refractivity contribution >= 4 is 11.6 Å². The third-order valence-electron chi connectivity index (χ3n) is 0.733. The van der Waals surface area contributed by atoms with Gasteiger partial charge in [0.2, 0.25) is 0 Å². The third kappa shape index (κ3) is 5.02. The first-order valence-electron chi connectivity index (χ1n) is 2.68. The van der Waals surface area contributed by atoms with Crippen LogP contribution in [0.3, 0.4) is 0 Å². The average Bonchev–Trinajstić information content (AvgIpc) is 1.91. The van der Waals surface area contributed by atoms with E-state index < -0.39 is 0 Å². The molecule has 2 N–H and O–H groups in total. The van der Waals surface area contributed by atoms with E-state index in [1.807, 2.05) is 30.3 Å². The molecule has 10 heavy (non-hydrogen) atoms. The molecular weight excluding hydrogens is 146 g/mol. The highest BCUT2D eigenvalue weighted by atomic mass is 35.5. The largest absolute Gasteiger partial charge is 0.360 e. The van der Waals surface area contributed by atoms with Crippen LogP contribution in [0.2, 0.25) is 5.02 Å². The second-order valence-electron chi connectivity index (χ2n) is 1.46. The number of terminal acetylenes is 1. The minimum Gasteiger partial charge on any atom is -0.360 e. The summed E-state index contributed by atoms with van der Waals surface area (Å²) < 4.78 is 0. The maximum absolute atomic E-state index is 5.54. The van der Waals surface area contributed by atoms with Crippen LogP contribution < -0.4 is 5.73 Å². The summed E-state index contributed by atoms with van der Waals surface area (Å²) >= 11 is 5.54. The molecule has 0 spiro atoms. The fourth-order valence-electron chi connectivity index (χ4n) is 0.415. The van der Waals surface area contributed by atoms with Gasteiger partial charge in [-0.15, -0.1) is 0 Å². The van der Waals surface area contributed by atoms with Crippen LogP contribution in [0.1, 0.15) is 0 Å². The summed E-state index contributed by atoms with van der Waals surface area (Å²) in [6.45, 7) is 0. The van der Waals surface area contributed by atoms with Crippen LogP contribution in [0.4, 0.5) is 0 Å². The lowest BCUT2D eigenvalue weighted by Gasteiger charge is -1.80. The van der Waals surface area contributed by atoms with Gasteiger partial charge in [0.15, 0.2) is 0 Å². The second kappa shape index (κ2) is 6.00. The number of rotatable bonds is 0. The zero-order valence-electron chi connectivity index (χ0n) is 5.42. The lowest BCUT2D eigenvalue weighted by molar-refractivity contribution is 1.71. The highest BCUT2D eigenvalue weighted by Gasteiger charge is 1.74. The van der Waals surface area contributed by atoms with Crippen molar-refractivity contribution in [2.75, 3.05) is 0 Å². The van der Waals surface area contributed by atoms with Crippen molar-refractivity contribution in [2.24, 2.45) is 5.73 Å². The van der Waals surface area contributed by atoms with Crippen LogP contribution in [-0.4, -0.2) is 0 Å². The standard InChI is InChI=1S/C6H5Cl.C2H3N/c7-6-4-2-1-3-5-6;1-2-3/h1-5H;1H,3H2.